The highest BCUT2D eigenvalue weighted by molar-refractivity contribution is 6.06. The quantitative estimate of drug-likeness (QED) is 0.574. The van der Waals surface area contributed by atoms with Crippen LogP contribution in [0.5, 0.6) is 0 Å². The number of aliphatic hydroxyl groups excluding tert-OH is 1. The van der Waals surface area contributed by atoms with Crippen molar-refractivity contribution in [1.82, 2.24) is 9.80 Å². The average Bonchev–Trinajstić information content (AvgIpc) is 3.24. The standard InChI is InChI=1S/C33H37N3O5/c1-21-12-13-22(2)25(18-21)35-17-9-15-33-27(26-29(38)34(4)16-8-14-32(26,3)41-33)30(39)36(28(33)31(35)40)24(20-37)19-23-10-6-5-7-11-23/h5-15,18,24,26-28,37H,16-17,19-20H2,1-4H3/t24-,26-,27+,28?,32+,33+/m1/s1. The summed E-state index contributed by atoms with van der Waals surface area (Å²) in [6.07, 6.45) is 7.87. The van der Waals surface area contributed by atoms with Gasteiger partial charge in [-0.3, -0.25) is 14.4 Å². The molecule has 41 heavy (non-hydrogen) atoms. The number of likely N-dealkylation sites (tertiary alicyclic amines) is 1. The fraction of sp³-hybridized carbons (Fsp3) is 0.424. The number of rotatable bonds is 5. The Kier molecular flexibility index (Phi) is 6.66. The summed E-state index contributed by atoms with van der Waals surface area (Å²) < 4.78 is 6.89. The molecule has 1 spiro atoms. The summed E-state index contributed by atoms with van der Waals surface area (Å²) in [7, 11) is 1.72. The second-order valence-electron chi connectivity index (χ2n) is 12.0. The zero-order valence-corrected chi connectivity index (χ0v) is 24.0. The minimum absolute atomic E-state index is 0.187. The Labute approximate surface area is 240 Å². The molecule has 4 aliphatic heterocycles. The first kappa shape index (κ1) is 27.4. The van der Waals surface area contributed by atoms with E-state index < -0.39 is 35.1 Å². The topological polar surface area (TPSA) is 90.4 Å². The van der Waals surface area contributed by atoms with Crippen molar-refractivity contribution in [2.24, 2.45) is 11.8 Å². The summed E-state index contributed by atoms with van der Waals surface area (Å²) >= 11 is 0. The Bertz CT molecular complexity index is 1450. The molecule has 0 aliphatic carbocycles. The monoisotopic (exact) mass is 555 g/mol. The smallest absolute Gasteiger partial charge is 0.253 e. The maximum Gasteiger partial charge on any atom is 0.253 e. The van der Waals surface area contributed by atoms with Gasteiger partial charge in [-0.25, -0.2) is 0 Å². The number of aliphatic hydroxyl groups is 1. The van der Waals surface area contributed by atoms with Gasteiger partial charge in [0.25, 0.3) is 5.91 Å². The molecular weight excluding hydrogens is 518 g/mol. The third-order valence-corrected chi connectivity index (χ3v) is 9.27. The molecule has 6 atom stereocenters. The van der Waals surface area contributed by atoms with Crippen LogP contribution in [-0.4, -0.2) is 82.7 Å². The molecule has 3 amide bonds. The first-order valence-corrected chi connectivity index (χ1v) is 14.3. The Balaban J connectivity index is 1.52. The molecule has 0 saturated carbocycles. The molecule has 0 bridgehead atoms. The zero-order chi connectivity index (χ0) is 29.1. The van der Waals surface area contributed by atoms with E-state index >= 15 is 0 Å². The van der Waals surface area contributed by atoms with E-state index in [9.17, 15) is 19.5 Å². The molecule has 2 aromatic carbocycles. The van der Waals surface area contributed by atoms with Crippen molar-refractivity contribution in [1.29, 1.82) is 0 Å². The van der Waals surface area contributed by atoms with E-state index in [0.717, 1.165) is 22.4 Å². The van der Waals surface area contributed by atoms with Crippen LogP contribution in [0.25, 0.3) is 0 Å². The fourth-order valence-corrected chi connectivity index (χ4v) is 7.34. The molecule has 2 fully saturated rings. The molecule has 8 heteroatoms. The summed E-state index contributed by atoms with van der Waals surface area (Å²) in [6, 6.07) is 13.8. The highest BCUT2D eigenvalue weighted by atomic mass is 16.5. The second-order valence-corrected chi connectivity index (χ2v) is 12.0. The van der Waals surface area contributed by atoms with Crippen LogP contribution in [-0.2, 0) is 25.5 Å². The average molecular weight is 556 g/mol. The second kappa shape index (κ2) is 9.96. The van der Waals surface area contributed by atoms with Crippen molar-refractivity contribution >= 4 is 23.4 Å². The van der Waals surface area contributed by atoms with E-state index in [-0.39, 0.29) is 24.3 Å². The van der Waals surface area contributed by atoms with Crippen molar-refractivity contribution in [3.05, 3.63) is 89.5 Å². The number of hydrogen-bond donors (Lipinski definition) is 1. The molecule has 1 N–H and O–H groups in total. The first-order chi connectivity index (χ1) is 19.6. The third kappa shape index (κ3) is 4.15. The molecule has 4 aliphatic rings. The molecule has 8 nitrogen and oxygen atoms in total. The van der Waals surface area contributed by atoms with Gasteiger partial charge in [0, 0.05) is 25.8 Å². The molecule has 2 saturated heterocycles. The van der Waals surface area contributed by atoms with Gasteiger partial charge in [-0.15, -0.1) is 0 Å². The minimum Gasteiger partial charge on any atom is -0.394 e. The summed E-state index contributed by atoms with van der Waals surface area (Å²) in [5, 5.41) is 10.7. The SMILES string of the molecule is Cc1ccc(C)c(N2CC=C[C@]34O[C@@]5(C)C=CCN(C)C(=O)[C@H]5[C@H]3C(=O)N([C@@H](CO)Cc3ccccc3)C4C2=O)c1. The number of amides is 3. The molecule has 1 unspecified atom stereocenters. The van der Waals surface area contributed by atoms with Gasteiger partial charge >= 0.3 is 0 Å². The van der Waals surface area contributed by atoms with Gasteiger partial charge in [-0.2, -0.15) is 0 Å². The van der Waals surface area contributed by atoms with E-state index in [2.05, 4.69) is 0 Å². The first-order valence-electron chi connectivity index (χ1n) is 14.3. The van der Waals surface area contributed by atoms with E-state index in [1.165, 1.54) is 4.90 Å². The van der Waals surface area contributed by atoms with Crippen LogP contribution >= 0.6 is 0 Å². The van der Waals surface area contributed by atoms with Crippen LogP contribution in [0.1, 0.15) is 23.6 Å². The lowest BCUT2D eigenvalue weighted by Crippen LogP contribution is -2.59. The van der Waals surface area contributed by atoms with Crippen molar-refractivity contribution in [3.63, 3.8) is 0 Å². The Hall–Kier alpha value is -3.75. The van der Waals surface area contributed by atoms with Gasteiger partial charge in [0.1, 0.15) is 11.6 Å². The van der Waals surface area contributed by atoms with Gasteiger partial charge < -0.3 is 24.5 Å². The van der Waals surface area contributed by atoms with Gasteiger partial charge in [-0.1, -0.05) is 66.8 Å². The van der Waals surface area contributed by atoms with E-state index in [4.69, 9.17) is 4.74 Å². The number of ether oxygens (including phenoxy) is 1. The normalized spacial score (nSPS) is 31.6. The van der Waals surface area contributed by atoms with E-state index in [1.54, 1.807) is 16.8 Å². The number of anilines is 1. The number of aryl methyl sites for hydroxylation is 2. The lowest BCUT2D eigenvalue weighted by molar-refractivity contribution is -0.150. The van der Waals surface area contributed by atoms with Crippen LogP contribution in [0.2, 0.25) is 0 Å². The Morgan fingerprint density at radius 1 is 0.951 bits per heavy atom. The summed E-state index contributed by atoms with van der Waals surface area (Å²) in [5.41, 5.74) is 1.22. The number of carbonyl (C=O) groups excluding carboxylic acids is 3. The van der Waals surface area contributed by atoms with Crippen molar-refractivity contribution < 1.29 is 24.2 Å². The van der Waals surface area contributed by atoms with Crippen molar-refractivity contribution in [2.75, 3.05) is 31.6 Å². The highest BCUT2D eigenvalue weighted by Gasteiger charge is 2.75. The van der Waals surface area contributed by atoms with E-state index in [1.807, 2.05) is 93.6 Å². The van der Waals surface area contributed by atoms with Gasteiger partial charge in [0.2, 0.25) is 11.8 Å². The molecule has 0 aromatic heterocycles. The molecule has 214 valence electrons. The largest absolute Gasteiger partial charge is 0.394 e. The predicted molar refractivity (Wildman–Crippen MR) is 155 cm³/mol. The number of carbonyl (C=O) groups is 3. The number of nitrogens with zero attached hydrogens (tertiary/aromatic N) is 3. The number of fused-ring (bicyclic) bond motifs is 2. The highest BCUT2D eigenvalue weighted by Crippen LogP contribution is 2.58. The molecular formula is C33H37N3O5. The van der Waals surface area contributed by atoms with Crippen molar-refractivity contribution in [2.45, 2.75) is 50.5 Å². The van der Waals surface area contributed by atoms with E-state index in [0.29, 0.717) is 19.5 Å². The molecule has 2 aromatic rings. The van der Waals surface area contributed by atoms with Crippen molar-refractivity contribution in [3.8, 4) is 0 Å². The predicted octanol–water partition coefficient (Wildman–Crippen LogP) is 2.81. The van der Waals surface area contributed by atoms with Crippen LogP contribution < -0.4 is 4.90 Å². The van der Waals surface area contributed by atoms with Gasteiger partial charge in [0.15, 0.2) is 0 Å². The van der Waals surface area contributed by atoms with Crippen LogP contribution in [0.4, 0.5) is 5.69 Å². The Morgan fingerprint density at radius 2 is 1.68 bits per heavy atom. The summed E-state index contributed by atoms with van der Waals surface area (Å²) in [6.45, 7) is 6.16. The van der Waals surface area contributed by atoms with Crippen LogP contribution in [0.15, 0.2) is 72.8 Å². The van der Waals surface area contributed by atoms with Gasteiger partial charge in [-0.05, 0) is 49.9 Å². The fourth-order valence-electron chi connectivity index (χ4n) is 7.34. The number of likely N-dealkylation sites (N-methyl/N-ethyl adjacent to an activating group) is 1. The molecule has 6 rings (SSSR count). The maximum absolute atomic E-state index is 14.8. The number of benzene rings is 2. The molecule has 0 radical (unpaired) electrons. The maximum atomic E-state index is 14.8. The number of hydrogen-bond acceptors (Lipinski definition) is 5. The minimum atomic E-state index is -1.37. The summed E-state index contributed by atoms with van der Waals surface area (Å²) in [5.74, 6) is -2.54. The lowest BCUT2D eigenvalue weighted by atomic mass is 9.74. The zero-order valence-electron chi connectivity index (χ0n) is 24.0. The van der Waals surface area contributed by atoms with Gasteiger partial charge in [0.05, 0.1) is 30.1 Å². The molecule has 4 heterocycles. The Morgan fingerprint density at radius 3 is 2.41 bits per heavy atom. The van der Waals surface area contributed by atoms with Crippen LogP contribution in [0.3, 0.4) is 0 Å². The third-order valence-electron chi connectivity index (χ3n) is 9.27. The summed E-state index contributed by atoms with van der Waals surface area (Å²) in [4.78, 5) is 48.1. The lowest BCUT2D eigenvalue weighted by Gasteiger charge is -2.40. The van der Waals surface area contributed by atoms with Crippen LogP contribution in [0, 0.1) is 25.7 Å².